The largest absolute Gasteiger partial charge is 0.445 e. The van der Waals surface area contributed by atoms with E-state index in [1.807, 2.05) is 31.2 Å². The van der Waals surface area contributed by atoms with Crippen molar-refractivity contribution in [3.63, 3.8) is 0 Å². The summed E-state index contributed by atoms with van der Waals surface area (Å²) in [7, 11) is 0. The highest BCUT2D eigenvalue weighted by Gasteiger charge is 2.26. The molecule has 236 valence electrons. The molecule has 1 aliphatic rings. The van der Waals surface area contributed by atoms with E-state index in [1.165, 1.54) is 12.3 Å². The number of ether oxygens (including phenoxy) is 1. The molecule has 1 saturated carbocycles. The van der Waals surface area contributed by atoms with Crippen LogP contribution in [-0.2, 0) is 17.9 Å². The average molecular weight is 627 g/mol. The van der Waals surface area contributed by atoms with Gasteiger partial charge < -0.3 is 25.7 Å². The number of H-pyrrole nitrogens is 1. The lowest BCUT2D eigenvalue weighted by Crippen LogP contribution is -2.42. The quantitative estimate of drug-likeness (QED) is 0.166. The summed E-state index contributed by atoms with van der Waals surface area (Å²) in [5.74, 6) is -1.23. The van der Waals surface area contributed by atoms with Gasteiger partial charge >= 0.3 is 6.09 Å². The van der Waals surface area contributed by atoms with E-state index in [4.69, 9.17) is 4.74 Å². The van der Waals surface area contributed by atoms with E-state index in [9.17, 15) is 18.4 Å². The zero-order valence-corrected chi connectivity index (χ0v) is 25.0. The van der Waals surface area contributed by atoms with Gasteiger partial charge in [-0.1, -0.05) is 29.8 Å². The first kappa shape index (κ1) is 30.6. The summed E-state index contributed by atoms with van der Waals surface area (Å²) in [5.41, 5.74) is 3.86. The van der Waals surface area contributed by atoms with Gasteiger partial charge in [-0.05, 0) is 61.9 Å². The highest BCUT2D eigenvalue weighted by molar-refractivity contribution is 5.93. The van der Waals surface area contributed by atoms with E-state index in [0.717, 1.165) is 42.8 Å². The standard InChI is InChI=1S/C33H32F2N8O3/c1-19-4-2-5-20(10-19)14-40-33(45)46-18-21-8-9-36-28(11-21)32(44)42-24-7-3-6-23(13-24)41-31-27(35)17-39-30(43-31)26-16-38-29-25(26)12-22(34)15-37-29/h2,4-5,8-12,15-17,23-24H,3,6-7,13-14,18H2,1H3,(H,37,38)(H,40,45)(H,42,44)(H,39,41,43)/t23-,24+/m1/s1. The summed E-state index contributed by atoms with van der Waals surface area (Å²) in [6.07, 6.45) is 7.57. The molecule has 6 rings (SSSR count). The minimum Gasteiger partial charge on any atom is -0.445 e. The Morgan fingerprint density at radius 2 is 1.89 bits per heavy atom. The maximum Gasteiger partial charge on any atom is 0.407 e. The minimum atomic E-state index is -0.619. The molecule has 4 N–H and O–H groups in total. The molecule has 5 aromatic rings. The minimum absolute atomic E-state index is 0.0195. The van der Waals surface area contributed by atoms with E-state index in [2.05, 4.69) is 40.9 Å². The maximum atomic E-state index is 14.8. The van der Waals surface area contributed by atoms with Gasteiger partial charge in [-0.15, -0.1) is 0 Å². The lowest BCUT2D eigenvalue weighted by molar-refractivity contribution is 0.0921. The summed E-state index contributed by atoms with van der Waals surface area (Å²) in [4.78, 5) is 44.9. The molecule has 1 aliphatic carbocycles. The topological polar surface area (TPSA) is 147 Å². The molecule has 4 aromatic heterocycles. The zero-order chi connectivity index (χ0) is 32.0. The first-order valence-corrected chi connectivity index (χ1v) is 14.9. The van der Waals surface area contributed by atoms with Crippen molar-refractivity contribution in [3.8, 4) is 11.4 Å². The molecule has 0 aliphatic heterocycles. The Bertz CT molecular complexity index is 1880. The molecule has 11 nitrogen and oxygen atoms in total. The third-order valence-electron chi connectivity index (χ3n) is 7.78. The Balaban J connectivity index is 1.03. The number of alkyl carbamates (subject to hydrolysis) is 1. The monoisotopic (exact) mass is 626 g/mol. The number of nitrogens with zero attached hydrogens (tertiary/aromatic N) is 4. The lowest BCUT2D eigenvalue weighted by Gasteiger charge is -2.30. The fourth-order valence-electron chi connectivity index (χ4n) is 5.55. The summed E-state index contributed by atoms with van der Waals surface area (Å²) in [6, 6.07) is 12.1. The number of aryl methyl sites for hydroxylation is 1. The molecule has 0 bridgehead atoms. The fraction of sp³-hybridized carbons (Fsp3) is 0.273. The Kier molecular flexibility index (Phi) is 9.08. The molecule has 0 saturated heterocycles. The molecule has 0 radical (unpaired) electrons. The van der Waals surface area contributed by atoms with Crippen molar-refractivity contribution in [2.24, 2.45) is 0 Å². The SMILES string of the molecule is Cc1cccc(CNC(=O)OCc2ccnc(C(=O)N[C@H]3CCC[C@@H](Nc4nc(-c5c[nH]c6ncc(F)cc56)ncc4F)C3)c2)c1. The highest BCUT2D eigenvalue weighted by atomic mass is 19.1. The summed E-state index contributed by atoms with van der Waals surface area (Å²) in [5, 5.41) is 9.40. The number of pyridine rings is 2. The molecule has 0 unspecified atom stereocenters. The first-order chi connectivity index (χ1) is 22.3. The predicted octanol–water partition coefficient (Wildman–Crippen LogP) is 5.58. The second-order valence-corrected chi connectivity index (χ2v) is 11.3. The van der Waals surface area contributed by atoms with Gasteiger partial charge in [0.15, 0.2) is 17.5 Å². The molecule has 0 spiro atoms. The van der Waals surface area contributed by atoms with E-state index in [0.29, 0.717) is 35.1 Å². The van der Waals surface area contributed by atoms with E-state index >= 15 is 0 Å². The number of rotatable bonds is 9. The van der Waals surface area contributed by atoms with Gasteiger partial charge in [0.2, 0.25) is 0 Å². The maximum absolute atomic E-state index is 14.8. The third-order valence-corrected chi connectivity index (χ3v) is 7.78. The molecular weight excluding hydrogens is 594 g/mol. The number of hydrogen-bond donors (Lipinski definition) is 4. The Labute approximate surface area is 263 Å². The van der Waals surface area contributed by atoms with Gasteiger partial charge in [0.1, 0.15) is 23.8 Å². The molecule has 1 fully saturated rings. The lowest BCUT2D eigenvalue weighted by atomic mass is 9.91. The van der Waals surface area contributed by atoms with Crippen LogP contribution in [0.2, 0.25) is 0 Å². The summed E-state index contributed by atoms with van der Waals surface area (Å²) < 4.78 is 33.9. The molecular formula is C33H32F2N8O3. The fourth-order valence-corrected chi connectivity index (χ4v) is 5.55. The second kappa shape index (κ2) is 13.7. The number of fused-ring (bicyclic) bond motifs is 1. The van der Waals surface area contributed by atoms with Crippen LogP contribution in [0.5, 0.6) is 0 Å². The summed E-state index contributed by atoms with van der Waals surface area (Å²) >= 11 is 0. The third kappa shape index (κ3) is 7.42. The van der Waals surface area contributed by atoms with Crippen LogP contribution in [0.3, 0.4) is 0 Å². The number of carbonyl (C=O) groups excluding carboxylic acids is 2. The molecule has 46 heavy (non-hydrogen) atoms. The first-order valence-electron chi connectivity index (χ1n) is 14.9. The average Bonchev–Trinajstić information content (AvgIpc) is 3.47. The Morgan fingerprint density at radius 3 is 2.76 bits per heavy atom. The van der Waals surface area contributed by atoms with Crippen molar-refractivity contribution in [1.29, 1.82) is 0 Å². The number of carbonyl (C=O) groups is 2. The van der Waals surface area contributed by atoms with Crippen LogP contribution in [-0.4, -0.2) is 49.0 Å². The van der Waals surface area contributed by atoms with Gasteiger partial charge in [0.25, 0.3) is 5.91 Å². The van der Waals surface area contributed by atoms with Crippen LogP contribution >= 0.6 is 0 Å². The predicted molar refractivity (Wildman–Crippen MR) is 167 cm³/mol. The van der Waals surface area contributed by atoms with Crippen LogP contribution in [0.25, 0.3) is 22.4 Å². The number of halogens is 2. The van der Waals surface area contributed by atoms with Crippen LogP contribution in [0.4, 0.5) is 19.4 Å². The Morgan fingerprint density at radius 1 is 1.02 bits per heavy atom. The van der Waals surface area contributed by atoms with E-state index in [1.54, 1.807) is 18.3 Å². The van der Waals surface area contributed by atoms with Gasteiger partial charge in [0.05, 0.1) is 12.4 Å². The van der Waals surface area contributed by atoms with E-state index in [-0.39, 0.29) is 41.9 Å². The van der Waals surface area contributed by atoms with Crippen molar-refractivity contribution in [2.45, 2.75) is 57.8 Å². The highest BCUT2D eigenvalue weighted by Crippen LogP contribution is 2.28. The number of hydrogen-bond acceptors (Lipinski definition) is 8. The van der Waals surface area contributed by atoms with Gasteiger partial charge in [-0.3, -0.25) is 9.78 Å². The van der Waals surface area contributed by atoms with Crippen molar-refractivity contribution in [1.82, 2.24) is 35.6 Å². The van der Waals surface area contributed by atoms with Crippen LogP contribution in [0, 0.1) is 18.6 Å². The number of nitrogens with one attached hydrogen (secondary N) is 4. The number of benzene rings is 1. The number of aromatic nitrogens is 5. The molecule has 4 heterocycles. The summed E-state index contributed by atoms with van der Waals surface area (Å²) in [6.45, 7) is 2.31. The zero-order valence-electron chi connectivity index (χ0n) is 25.0. The van der Waals surface area contributed by atoms with Gasteiger partial charge in [0, 0.05) is 42.0 Å². The molecule has 1 aromatic carbocycles. The second-order valence-electron chi connectivity index (χ2n) is 11.3. The molecule has 2 atom stereocenters. The molecule has 13 heteroatoms. The van der Waals surface area contributed by atoms with Crippen LogP contribution in [0.1, 0.15) is 52.9 Å². The van der Waals surface area contributed by atoms with Gasteiger partial charge in [-0.25, -0.2) is 28.5 Å². The number of anilines is 1. The smallest absolute Gasteiger partial charge is 0.407 e. The van der Waals surface area contributed by atoms with Crippen molar-refractivity contribution in [3.05, 3.63) is 101 Å². The van der Waals surface area contributed by atoms with Gasteiger partial charge in [-0.2, -0.15) is 0 Å². The van der Waals surface area contributed by atoms with Crippen molar-refractivity contribution in [2.75, 3.05) is 5.32 Å². The van der Waals surface area contributed by atoms with Crippen molar-refractivity contribution < 1.29 is 23.1 Å². The number of amides is 2. The van der Waals surface area contributed by atoms with E-state index < -0.39 is 17.7 Å². The van der Waals surface area contributed by atoms with Crippen LogP contribution < -0.4 is 16.0 Å². The molecule has 2 amide bonds. The number of aromatic amines is 1. The van der Waals surface area contributed by atoms with Crippen molar-refractivity contribution >= 4 is 28.9 Å². The Hall–Kier alpha value is -5.46. The van der Waals surface area contributed by atoms with Crippen LogP contribution in [0.15, 0.2) is 67.3 Å². The normalized spacial score (nSPS) is 16.2.